The molecule has 1 aliphatic heterocycles. The summed E-state index contributed by atoms with van der Waals surface area (Å²) in [6.07, 6.45) is -2.68. The van der Waals surface area contributed by atoms with Crippen LogP contribution in [0.4, 0.5) is 22.0 Å². The lowest BCUT2D eigenvalue weighted by molar-refractivity contribution is -0.147. The van der Waals surface area contributed by atoms with Crippen LogP contribution in [0.3, 0.4) is 0 Å². The Bertz CT molecular complexity index is 1140. The maximum absolute atomic E-state index is 13.9. The number of rotatable bonds is 7. The Hall–Kier alpha value is -2.89. The van der Waals surface area contributed by atoms with Gasteiger partial charge in [0.05, 0.1) is 12.2 Å². The molecule has 0 radical (unpaired) electrons. The van der Waals surface area contributed by atoms with Gasteiger partial charge in [-0.1, -0.05) is 6.92 Å². The fourth-order valence-corrected chi connectivity index (χ4v) is 5.22. The average Bonchev–Trinajstić information content (AvgIpc) is 3.26. The average molecular weight is 528 g/mol. The Morgan fingerprint density at radius 3 is 2.73 bits per heavy atom. The fraction of sp³-hybridized carbons (Fsp3) is 0.600. The van der Waals surface area contributed by atoms with E-state index in [-0.39, 0.29) is 61.0 Å². The van der Waals surface area contributed by atoms with Crippen LogP contribution in [0.25, 0.3) is 11.5 Å². The van der Waals surface area contributed by atoms with E-state index in [9.17, 15) is 31.5 Å². The number of Topliss-reactive ketones (excluding diaryl/α,β-unsaturated/α-hetero) is 1. The third-order valence-corrected chi connectivity index (χ3v) is 7.27. The van der Waals surface area contributed by atoms with E-state index in [1.807, 2.05) is 0 Å². The largest absolute Gasteiger partial charge is 0.433 e. The van der Waals surface area contributed by atoms with E-state index >= 15 is 0 Å². The van der Waals surface area contributed by atoms with Gasteiger partial charge in [-0.25, -0.2) is 18.7 Å². The zero-order valence-corrected chi connectivity index (χ0v) is 20.5. The number of alkyl halides is 5. The maximum Gasteiger partial charge on any atom is 0.433 e. The van der Waals surface area contributed by atoms with E-state index < -0.39 is 48.6 Å². The van der Waals surface area contributed by atoms with Crippen molar-refractivity contribution in [3.8, 4) is 11.5 Å². The van der Waals surface area contributed by atoms with E-state index in [0.717, 1.165) is 4.90 Å². The summed E-state index contributed by atoms with van der Waals surface area (Å²) in [5, 5.41) is 0. The molecular weight excluding hydrogens is 497 g/mol. The van der Waals surface area contributed by atoms with Crippen molar-refractivity contribution >= 4 is 11.7 Å². The van der Waals surface area contributed by atoms with Crippen LogP contribution < -0.4 is 5.73 Å². The first-order chi connectivity index (χ1) is 17.3. The molecule has 1 amide bonds. The molecule has 37 heavy (non-hydrogen) atoms. The number of hydrogen-bond acceptors (Lipinski definition) is 5. The second kappa shape index (κ2) is 10.5. The van der Waals surface area contributed by atoms with Crippen molar-refractivity contribution in [2.45, 2.75) is 70.0 Å². The van der Waals surface area contributed by atoms with Crippen molar-refractivity contribution in [3.63, 3.8) is 0 Å². The zero-order valence-electron chi connectivity index (χ0n) is 20.5. The number of piperidine rings is 1. The first-order valence-corrected chi connectivity index (χ1v) is 12.4. The van der Waals surface area contributed by atoms with Gasteiger partial charge in [0.2, 0.25) is 5.91 Å². The number of likely N-dealkylation sites (tertiary alicyclic amines) is 1. The fourth-order valence-electron chi connectivity index (χ4n) is 5.22. The first-order valence-electron chi connectivity index (χ1n) is 12.4. The molecule has 1 aliphatic carbocycles. The monoisotopic (exact) mass is 527 g/mol. The SMILES string of the molecule is CC(C(=O)C[C@H](N)CN1CC(F)(F)CCC1=O)C1CCCc2c(nc(-c3ccc[nH]3)nc2C(F)(F)F)C1. The second-order valence-corrected chi connectivity index (χ2v) is 10.1. The van der Waals surface area contributed by atoms with E-state index in [0.29, 0.717) is 18.5 Å². The molecule has 0 aromatic carbocycles. The number of halogens is 5. The van der Waals surface area contributed by atoms with Crippen LogP contribution in [0.15, 0.2) is 18.3 Å². The highest BCUT2D eigenvalue weighted by Crippen LogP contribution is 2.38. The summed E-state index contributed by atoms with van der Waals surface area (Å²) in [4.78, 5) is 37.2. The van der Waals surface area contributed by atoms with Crippen LogP contribution in [0.2, 0.25) is 0 Å². The zero-order chi connectivity index (χ0) is 27.0. The van der Waals surface area contributed by atoms with Crippen LogP contribution in [-0.2, 0) is 28.6 Å². The van der Waals surface area contributed by atoms with Gasteiger partial charge >= 0.3 is 6.18 Å². The highest BCUT2D eigenvalue weighted by Gasteiger charge is 2.41. The molecule has 2 aromatic heterocycles. The molecule has 7 nitrogen and oxygen atoms in total. The molecule has 1 fully saturated rings. The second-order valence-electron chi connectivity index (χ2n) is 10.1. The first kappa shape index (κ1) is 27.2. The van der Waals surface area contributed by atoms with Crippen molar-refractivity contribution < 1.29 is 31.5 Å². The molecule has 202 valence electrons. The lowest BCUT2D eigenvalue weighted by Crippen LogP contribution is -2.50. The van der Waals surface area contributed by atoms with Gasteiger partial charge in [-0.3, -0.25) is 9.59 Å². The summed E-state index contributed by atoms with van der Waals surface area (Å²) in [7, 11) is 0. The van der Waals surface area contributed by atoms with Crippen LogP contribution in [0, 0.1) is 11.8 Å². The summed E-state index contributed by atoms with van der Waals surface area (Å²) in [5.74, 6) is -4.47. The standard InChI is InChI=1S/C25H30F5N5O2/c1-14(20(36)11-16(31)12-35-13-24(26,27)8-7-21(35)37)15-4-2-5-17-19(10-15)33-23(18-6-3-9-32-18)34-22(17)25(28,29)30/h3,6,9,14-16,32H,2,4-5,7-8,10-13,31H2,1H3/t14?,15?,16-/m0/s1. The van der Waals surface area contributed by atoms with Gasteiger partial charge in [0.15, 0.2) is 11.5 Å². The summed E-state index contributed by atoms with van der Waals surface area (Å²) >= 11 is 0. The summed E-state index contributed by atoms with van der Waals surface area (Å²) < 4.78 is 69.1. The van der Waals surface area contributed by atoms with E-state index in [1.165, 1.54) is 0 Å². The minimum absolute atomic E-state index is 0.0549. The van der Waals surface area contributed by atoms with Gasteiger partial charge in [0.25, 0.3) is 5.92 Å². The van der Waals surface area contributed by atoms with E-state index in [4.69, 9.17) is 5.73 Å². The lowest BCUT2D eigenvalue weighted by Gasteiger charge is -2.34. The lowest BCUT2D eigenvalue weighted by atomic mass is 9.82. The van der Waals surface area contributed by atoms with Gasteiger partial charge in [-0.15, -0.1) is 0 Å². The van der Waals surface area contributed by atoms with Crippen LogP contribution in [-0.4, -0.2) is 56.6 Å². The van der Waals surface area contributed by atoms with Crippen molar-refractivity contribution in [3.05, 3.63) is 35.3 Å². The molecule has 12 heteroatoms. The van der Waals surface area contributed by atoms with Crippen LogP contribution in [0.1, 0.15) is 56.0 Å². The van der Waals surface area contributed by atoms with Gasteiger partial charge in [0.1, 0.15) is 5.78 Å². The number of aromatic nitrogens is 3. The summed E-state index contributed by atoms with van der Waals surface area (Å²) in [6, 6.07) is 2.42. The van der Waals surface area contributed by atoms with Crippen molar-refractivity contribution in [2.75, 3.05) is 13.1 Å². The molecule has 3 heterocycles. The third kappa shape index (κ3) is 6.34. The molecule has 3 N–H and O–H groups in total. The van der Waals surface area contributed by atoms with Crippen molar-refractivity contribution in [2.24, 2.45) is 17.6 Å². The molecule has 3 atom stereocenters. The molecular formula is C25H30F5N5O2. The Morgan fingerprint density at radius 1 is 1.30 bits per heavy atom. The Kier molecular flexibility index (Phi) is 7.68. The molecule has 0 saturated carbocycles. The summed E-state index contributed by atoms with van der Waals surface area (Å²) in [6.45, 7) is 0.845. The van der Waals surface area contributed by atoms with Gasteiger partial charge in [-0.05, 0) is 43.7 Å². The molecule has 2 aliphatic rings. The molecule has 4 rings (SSSR count). The minimum atomic E-state index is -4.65. The number of amides is 1. The summed E-state index contributed by atoms with van der Waals surface area (Å²) in [5.41, 5.74) is 5.81. The third-order valence-electron chi connectivity index (χ3n) is 7.27. The number of fused-ring (bicyclic) bond motifs is 1. The smallest absolute Gasteiger partial charge is 0.359 e. The number of hydrogen-bond donors (Lipinski definition) is 2. The van der Waals surface area contributed by atoms with Gasteiger partial charge < -0.3 is 15.6 Å². The number of ketones is 1. The number of H-pyrrole nitrogens is 1. The number of nitrogens with one attached hydrogen (secondary N) is 1. The van der Waals surface area contributed by atoms with Crippen molar-refractivity contribution in [1.29, 1.82) is 0 Å². The van der Waals surface area contributed by atoms with Gasteiger partial charge in [0, 0.05) is 55.2 Å². The Morgan fingerprint density at radius 2 is 2.05 bits per heavy atom. The van der Waals surface area contributed by atoms with Crippen LogP contribution >= 0.6 is 0 Å². The highest BCUT2D eigenvalue weighted by molar-refractivity contribution is 5.82. The number of nitrogens with two attached hydrogens (primary N) is 1. The number of carbonyl (C=O) groups is 2. The minimum Gasteiger partial charge on any atom is -0.359 e. The number of nitrogens with zero attached hydrogens (tertiary/aromatic N) is 3. The molecule has 2 unspecified atom stereocenters. The quantitative estimate of drug-likeness (QED) is 0.416. The predicted molar refractivity (Wildman–Crippen MR) is 124 cm³/mol. The number of aromatic amines is 1. The highest BCUT2D eigenvalue weighted by atomic mass is 19.4. The van der Waals surface area contributed by atoms with Gasteiger partial charge in [-0.2, -0.15) is 13.2 Å². The Labute approximate surface area is 211 Å². The molecule has 1 saturated heterocycles. The molecule has 2 aromatic rings. The number of carbonyl (C=O) groups excluding carboxylic acids is 2. The normalized spacial score (nSPS) is 21.8. The Balaban J connectivity index is 1.48. The predicted octanol–water partition coefficient (Wildman–Crippen LogP) is 4.17. The van der Waals surface area contributed by atoms with E-state index in [2.05, 4.69) is 15.0 Å². The van der Waals surface area contributed by atoms with Crippen LogP contribution in [0.5, 0.6) is 0 Å². The van der Waals surface area contributed by atoms with Crippen molar-refractivity contribution in [1.82, 2.24) is 19.9 Å². The van der Waals surface area contributed by atoms with E-state index in [1.54, 1.807) is 25.3 Å². The topological polar surface area (TPSA) is 105 Å². The molecule has 0 spiro atoms. The maximum atomic E-state index is 13.9. The molecule has 0 bridgehead atoms.